The van der Waals surface area contributed by atoms with Gasteiger partial charge >= 0.3 is 0 Å². The number of nitrogens with one attached hydrogen (secondary N) is 1. The van der Waals surface area contributed by atoms with Gasteiger partial charge in [0.15, 0.2) is 0 Å². The van der Waals surface area contributed by atoms with E-state index in [-0.39, 0.29) is 5.91 Å². The Kier molecular flexibility index (Phi) is 13.6. The minimum absolute atomic E-state index is 0.123. The fraction of sp³-hybridized carbons (Fsp3) is 0.410. The van der Waals surface area contributed by atoms with E-state index in [1.54, 1.807) is 18.5 Å². The number of anilines is 2. The van der Waals surface area contributed by atoms with E-state index in [1.807, 2.05) is 34.9 Å². The second kappa shape index (κ2) is 18.5. The first-order valence-electron chi connectivity index (χ1n) is 17.6. The lowest BCUT2D eigenvalue weighted by Gasteiger charge is -2.29. The second-order valence-corrected chi connectivity index (χ2v) is 13.7. The van der Waals surface area contributed by atoms with Crippen LogP contribution in [-0.2, 0) is 32.6 Å². The van der Waals surface area contributed by atoms with Crippen LogP contribution in [0.1, 0.15) is 70.7 Å². The number of aryl methyl sites for hydroxylation is 1. The van der Waals surface area contributed by atoms with Crippen molar-refractivity contribution in [1.29, 1.82) is 0 Å². The van der Waals surface area contributed by atoms with Crippen LogP contribution in [-0.4, -0.2) is 57.8 Å². The van der Waals surface area contributed by atoms with Crippen LogP contribution in [0.25, 0.3) is 17.2 Å². The molecule has 0 radical (unpaired) electrons. The van der Waals surface area contributed by atoms with E-state index in [9.17, 15) is 9.00 Å². The number of unbranched alkanes of at least 4 members (excludes halogenated alkanes) is 1. The summed E-state index contributed by atoms with van der Waals surface area (Å²) in [5, 5.41) is 11.2. The summed E-state index contributed by atoms with van der Waals surface area (Å²) in [5.41, 5.74) is 5.74. The highest BCUT2D eigenvalue weighted by atomic mass is 32.2. The van der Waals surface area contributed by atoms with Crippen molar-refractivity contribution >= 4 is 34.2 Å². The standard InChI is InChI=1S/C39H49N5O4S/c1-4-7-23-47-24-25-48-35-15-10-30(11-16-35)31-12-19-37-33(26-31)27-32(9-8-22-43(37)20-5-2)39(45)41-34-13-17-36(18-14-34)49(46)28-38-42-40-29-44(38)21-6-3/h10-19,26-27,29H,4-9,20-25,28H2,1-3H3,(H,41,45)/b32-27+/t49-/m0/s1. The molecule has 4 aromatic rings. The average Bonchev–Trinajstić information content (AvgIpc) is 3.54. The molecule has 2 heterocycles. The predicted molar refractivity (Wildman–Crippen MR) is 198 cm³/mol. The highest BCUT2D eigenvalue weighted by Gasteiger charge is 2.19. The molecule has 1 N–H and O–H groups in total. The van der Waals surface area contributed by atoms with Crippen molar-refractivity contribution in [3.8, 4) is 16.9 Å². The van der Waals surface area contributed by atoms with Crippen LogP contribution in [0.2, 0.25) is 0 Å². The lowest BCUT2D eigenvalue weighted by Crippen LogP contribution is -2.28. The number of benzene rings is 3. The molecule has 260 valence electrons. The fourth-order valence-electron chi connectivity index (χ4n) is 5.89. The predicted octanol–water partition coefficient (Wildman–Crippen LogP) is 7.89. The van der Waals surface area contributed by atoms with Gasteiger partial charge in [-0.1, -0.05) is 45.4 Å². The van der Waals surface area contributed by atoms with E-state index < -0.39 is 10.8 Å². The van der Waals surface area contributed by atoms with E-state index in [2.05, 4.69) is 71.5 Å². The van der Waals surface area contributed by atoms with Crippen LogP contribution in [0.15, 0.2) is 83.5 Å². The van der Waals surface area contributed by atoms with Crippen LogP contribution in [0.4, 0.5) is 11.4 Å². The Bertz CT molecular complexity index is 1700. The minimum atomic E-state index is -1.27. The summed E-state index contributed by atoms with van der Waals surface area (Å²) in [7, 11) is -1.27. The molecule has 5 rings (SSSR count). The number of amides is 1. The first-order chi connectivity index (χ1) is 24.0. The summed E-state index contributed by atoms with van der Waals surface area (Å²) in [5.74, 6) is 1.70. The Morgan fingerprint density at radius 1 is 0.898 bits per heavy atom. The summed E-state index contributed by atoms with van der Waals surface area (Å²) in [6.07, 6.45) is 9.46. The number of ether oxygens (including phenoxy) is 2. The van der Waals surface area contributed by atoms with Crippen molar-refractivity contribution in [2.45, 2.75) is 76.5 Å². The van der Waals surface area contributed by atoms with Crippen LogP contribution >= 0.6 is 0 Å². The molecule has 1 aromatic heterocycles. The molecule has 0 spiro atoms. The first kappa shape index (κ1) is 36.0. The molecule has 49 heavy (non-hydrogen) atoms. The Balaban J connectivity index is 1.28. The van der Waals surface area contributed by atoms with Gasteiger partial charge in [0.1, 0.15) is 24.5 Å². The third-order valence-corrected chi connectivity index (χ3v) is 9.80. The Morgan fingerprint density at radius 2 is 1.67 bits per heavy atom. The molecule has 0 bridgehead atoms. The maximum atomic E-state index is 13.6. The van der Waals surface area contributed by atoms with E-state index in [0.717, 1.165) is 92.0 Å². The van der Waals surface area contributed by atoms with Gasteiger partial charge in [-0.05, 0) is 103 Å². The van der Waals surface area contributed by atoms with Crippen molar-refractivity contribution in [1.82, 2.24) is 14.8 Å². The Labute approximate surface area is 293 Å². The van der Waals surface area contributed by atoms with Gasteiger partial charge in [-0.3, -0.25) is 9.00 Å². The van der Waals surface area contributed by atoms with Gasteiger partial charge in [0.05, 0.1) is 23.2 Å². The zero-order valence-corrected chi connectivity index (χ0v) is 29.8. The molecule has 1 aliphatic rings. The van der Waals surface area contributed by atoms with Crippen molar-refractivity contribution in [2.75, 3.05) is 43.1 Å². The number of carbonyl (C=O) groups is 1. The third kappa shape index (κ3) is 10.1. The van der Waals surface area contributed by atoms with Crippen LogP contribution in [0.3, 0.4) is 0 Å². The maximum Gasteiger partial charge on any atom is 0.251 e. The number of hydrogen-bond donors (Lipinski definition) is 1. The van der Waals surface area contributed by atoms with Crippen LogP contribution < -0.4 is 15.0 Å². The van der Waals surface area contributed by atoms with Crippen molar-refractivity contribution in [3.05, 3.63) is 90.0 Å². The van der Waals surface area contributed by atoms with Crippen LogP contribution in [0.5, 0.6) is 5.75 Å². The van der Waals surface area contributed by atoms with Crippen molar-refractivity contribution in [3.63, 3.8) is 0 Å². The van der Waals surface area contributed by atoms with Gasteiger partial charge in [0.25, 0.3) is 5.91 Å². The van der Waals surface area contributed by atoms with Gasteiger partial charge < -0.3 is 24.3 Å². The molecular weight excluding hydrogens is 635 g/mol. The monoisotopic (exact) mass is 683 g/mol. The van der Waals surface area contributed by atoms with E-state index >= 15 is 0 Å². The molecule has 1 amide bonds. The second-order valence-electron chi connectivity index (χ2n) is 12.3. The molecule has 10 heteroatoms. The summed E-state index contributed by atoms with van der Waals surface area (Å²) in [6.45, 7) is 10.9. The largest absolute Gasteiger partial charge is 0.491 e. The molecule has 3 aromatic carbocycles. The highest BCUT2D eigenvalue weighted by molar-refractivity contribution is 7.84. The van der Waals surface area contributed by atoms with Gasteiger partial charge in [-0.25, -0.2) is 0 Å². The highest BCUT2D eigenvalue weighted by Crippen LogP contribution is 2.33. The van der Waals surface area contributed by atoms with Crippen molar-refractivity contribution in [2.24, 2.45) is 0 Å². The van der Waals surface area contributed by atoms with Crippen LogP contribution in [0, 0.1) is 0 Å². The summed E-state index contributed by atoms with van der Waals surface area (Å²) < 4.78 is 26.5. The van der Waals surface area contributed by atoms with Gasteiger partial charge in [0, 0.05) is 48.1 Å². The first-order valence-corrected chi connectivity index (χ1v) is 18.9. The lowest BCUT2D eigenvalue weighted by atomic mass is 9.96. The van der Waals surface area contributed by atoms with E-state index in [1.165, 1.54) is 0 Å². The zero-order chi connectivity index (χ0) is 34.4. The third-order valence-electron chi connectivity index (χ3n) is 8.48. The normalized spacial score (nSPS) is 14.7. The summed E-state index contributed by atoms with van der Waals surface area (Å²) in [6, 6.07) is 21.9. The topological polar surface area (TPSA) is 98.6 Å². The number of rotatable bonds is 17. The number of fused-ring (bicyclic) bond motifs is 1. The number of nitrogens with zero attached hydrogens (tertiary/aromatic N) is 4. The van der Waals surface area contributed by atoms with E-state index in [4.69, 9.17) is 9.47 Å². The van der Waals surface area contributed by atoms with Gasteiger partial charge in [-0.2, -0.15) is 0 Å². The fourth-order valence-corrected chi connectivity index (χ4v) is 6.95. The minimum Gasteiger partial charge on any atom is -0.491 e. The molecule has 0 aliphatic carbocycles. The molecule has 0 saturated heterocycles. The average molecular weight is 684 g/mol. The number of hydrogen-bond acceptors (Lipinski definition) is 7. The SMILES string of the molecule is CCCCOCCOc1ccc(-c2ccc3c(c2)/C=C(/C(=O)Nc2ccc([S@@](=O)Cc4nncn4CCC)cc2)CCCN3CCC)cc1. The molecule has 9 nitrogen and oxygen atoms in total. The molecule has 0 fully saturated rings. The summed E-state index contributed by atoms with van der Waals surface area (Å²) >= 11 is 0. The summed E-state index contributed by atoms with van der Waals surface area (Å²) in [4.78, 5) is 16.7. The maximum absolute atomic E-state index is 13.6. The molecular formula is C39H49N5O4S. The van der Waals surface area contributed by atoms with E-state index in [0.29, 0.717) is 41.8 Å². The lowest BCUT2D eigenvalue weighted by molar-refractivity contribution is -0.112. The Morgan fingerprint density at radius 3 is 2.43 bits per heavy atom. The van der Waals surface area contributed by atoms with Gasteiger partial charge in [-0.15, -0.1) is 10.2 Å². The number of carbonyl (C=O) groups excluding carboxylic acids is 1. The van der Waals surface area contributed by atoms with Crippen molar-refractivity contribution < 1.29 is 18.5 Å². The Hall–Kier alpha value is -4.28. The molecule has 0 saturated carbocycles. The quantitative estimate of drug-likeness (QED) is 0.113. The molecule has 0 unspecified atom stereocenters. The molecule has 1 aliphatic heterocycles. The molecule has 1 atom stereocenters. The van der Waals surface area contributed by atoms with Gasteiger partial charge in [0.2, 0.25) is 0 Å². The smallest absolute Gasteiger partial charge is 0.251 e. The number of aromatic nitrogens is 3. The zero-order valence-electron chi connectivity index (χ0n) is 29.0.